The predicted octanol–water partition coefficient (Wildman–Crippen LogP) is 2.55. The lowest BCUT2D eigenvalue weighted by molar-refractivity contribution is -0.139. The van der Waals surface area contributed by atoms with E-state index >= 15 is 0 Å². The highest BCUT2D eigenvalue weighted by Gasteiger charge is 2.25. The first-order chi connectivity index (χ1) is 13.6. The number of nitrogens with zero attached hydrogens (tertiary/aromatic N) is 1. The average Bonchev–Trinajstić information content (AvgIpc) is 3.20. The van der Waals surface area contributed by atoms with Crippen LogP contribution in [0.3, 0.4) is 0 Å². The van der Waals surface area contributed by atoms with E-state index in [0.29, 0.717) is 31.6 Å². The van der Waals surface area contributed by atoms with Crippen LogP contribution in [0.4, 0.5) is 0 Å². The maximum absolute atomic E-state index is 12.9. The number of hydrogen-bond donors (Lipinski definition) is 1. The number of amides is 2. The maximum atomic E-state index is 12.9. The quantitative estimate of drug-likeness (QED) is 0.762. The van der Waals surface area contributed by atoms with Crippen LogP contribution in [-0.2, 0) is 22.4 Å². The van der Waals surface area contributed by atoms with Crippen molar-refractivity contribution in [3.8, 4) is 11.5 Å². The van der Waals surface area contributed by atoms with Crippen LogP contribution >= 0.6 is 0 Å². The molecule has 0 aromatic heterocycles. The number of carbonyl (C=O) groups is 2. The van der Waals surface area contributed by atoms with Crippen LogP contribution in [-0.4, -0.2) is 43.1 Å². The Labute approximate surface area is 165 Å². The summed E-state index contributed by atoms with van der Waals surface area (Å²) in [7, 11) is 1.59. The van der Waals surface area contributed by atoms with E-state index < -0.39 is 6.04 Å². The average molecular weight is 382 g/mol. The normalized spacial score (nSPS) is 13.1. The van der Waals surface area contributed by atoms with Crippen molar-refractivity contribution in [3.63, 3.8) is 0 Å². The molecule has 0 saturated carbocycles. The summed E-state index contributed by atoms with van der Waals surface area (Å²) in [5.41, 5.74) is 2.15. The molecule has 1 aliphatic heterocycles. The van der Waals surface area contributed by atoms with E-state index in [0.717, 1.165) is 16.9 Å². The monoisotopic (exact) mass is 382 g/mol. The van der Waals surface area contributed by atoms with Gasteiger partial charge in [0.2, 0.25) is 18.6 Å². The van der Waals surface area contributed by atoms with E-state index in [1.165, 1.54) is 0 Å². The van der Waals surface area contributed by atoms with Gasteiger partial charge in [-0.15, -0.1) is 0 Å². The molecule has 2 aromatic carbocycles. The SMILES string of the molecule is CNC(=O)C(C)N(CCc1ccccc1)C(=O)CCc1ccc2c(c1)OCO2. The van der Waals surface area contributed by atoms with Gasteiger partial charge >= 0.3 is 0 Å². The topological polar surface area (TPSA) is 67.9 Å². The molecule has 0 aliphatic carbocycles. The summed E-state index contributed by atoms with van der Waals surface area (Å²) in [6, 6.07) is 15.2. The Balaban J connectivity index is 1.64. The van der Waals surface area contributed by atoms with Crippen molar-refractivity contribution in [1.82, 2.24) is 10.2 Å². The fourth-order valence-corrected chi connectivity index (χ4v) is 3.27. The number of hydrogen-bond acceptors (Lipinski definition) is 4. The highest BCUT2D eigenvalue weighted by atomic mass is 16.7. The van der Waals surface area contributed by atoms with Gasteiger partial charge in [-0.2, -0.15) is 0 Å². The minimum absolute atomic E-state index is 0.0373. The molecule has 1 aliphatic rings. The lowest BCUT2D eigenvalue weighted by Crippen LogP contribution is -2.48. The molecule has 1 atom stereocenters. The van der Waals surface area contributed by atoms with Crippen LogP contribution in [0.25, 0.3) is 0 Å². The summed E-state index contributed by atoms with van der Waals surface area (Å²) >= 11 is 0. The Morgan fingerprint density at radius 3 is 2.54 bits per heavy atom. The summed E-state index contributed by atoms with van der Waals surface area (Å²) < 4.78 is 10.7. The Hall–Kier alpha value is -3.02. The van der Waals surface area contributed by atoms with Gasteiger partial charge in [0.1, 0.15) is 6.04 Å². The van der Waals surface area contributed by atoms with Crippen molar-refractivity contribution < 1.29 is 19.1 Å². The molecule has 28 heavy (non-hydrogen) atoms. The number of aryl methyl sites for hydroxylation is 1. The van der Waals surface area contributed by atoms with Crippen molar-refractivity contribution >= 4 is 11.8 Å². The summed E-state index contributed by atoms with van der Waals surface area (Å²) in [5, 5.41) is 2.64. The third kappa shape index (κ3) is 4.82. The third-order valence-electron chi connectivity index (χ3n) is 4.96. The first kappa shape index (κ1) is 19.7. The highest BCUT2D eigenvalue weighted by molar-refractivity contribution is 5.87. The van der Waals surface area contributed by atoms with Gasteiger partial charge in [-0.1, -0.05) is 36.4 Å². The predicted molar refractivity (Wildman–Crippen MR) is 106 cm³/mol. The lowest BCUT2D eigenvalue weighted by atomic mass is 10.1. The van der Waals surface area contributed by atoms with Gasteiger partial charge in [0.15, 0.2) is 11.5 Å². The second kappa shape index (κ2) is 9.26. The molecule has 148 valence electrons. The Bertz CT molecular complexity index is 823. The first-order valence-corrected chi connectivity index (χ1v) is 9.52. The van der Waals surface area contributed by atoms with Gasteiger partial charge in [0.25, 0.3) is 0 Å². The fraction of sp³-hybridized carbons (Fsp3) is 0.364. The minimum atomic E-state index is -0.516. The van der Waals surface area contributed by atoms with Crippen molar-refractivity contribution in [1.29, 1.82) is 0 Å². The molecule has 0 bridgehead atoms. The summed E-state index contributed by atoms with van der Waals surface area (Å²) in [4.78, 5) is 26.7. The van der Waals surface area contributed by atoms with Gasteiger partial charge < -0.3 is 19.7 Å². The number of ether oxygens (including phenoxy) is 2. The Kier molecular flexibility index (Phi) is 6.53. The fourth-order valence-electron chi connectivity index (χ4n) is 3.27. The van der Waals surface area contributed by atoms with E-state index in [1.807, 2.05) is 48.5 Å². The number of rotatable bonds is 8. The van der Waals surface area contributed by atoms with Crippen molar-refractivity contribution in [2.75, 3.05) is 20.4 Å². The van der Waals surface area contributed by atoms with Crippen molar-refractivity contribution in [2.24, 2.45) is 0 Å². The van der Waals surface area contributed by atoms with E-state index in [9.17, 15) is 9.59 Å². The highest BCUT2D eigenvalue weighted by Crippen LogP contribution is 2.32. The van der Waals surface area contributed by atoms with Crippen molar-refractivity contribution in [2.45, 2.75) is 32.2 Å². The molecule has 0 spiro atoms. The first-order valence-electron chi connectivity index (χ1n) is 9.52. The molecule has 0 radical (unpaired) electrons. The molecule has 6 heteroatoms. The van der Waals surface area contributed by atoms with Crippen molar-refractivity contribution in [3.05, 3.63) is 59.7 Å². The van der Waals surface area contributed by atoms with E-state index in [2.05, 4.69) is 5.32 Å². The van der Waals surface area contributed by atoms with Crippen LogP contribution in [0.2, 0.25) is 0 Å². The number of likely N-dealkylation sites (N-methyl/N-ethyl adjacent to an activating group) is 1. The minimum Gasteiger partial charge on any atom is -0.454 e. The van der Waals surface area contributed by atoms with Gasteiger partial charge in [0, 0.05) is 20.0 Å². The van der Waals surface area contributed by atoms with Gasteiger partial charge in [0.05, 0.1) is 0 Å². The molecule has 1 unspecified atom stereocenters. The van der Waals surface area contributed by atoms with Crippen LogP contribution in [0.5, 0.6) is 11.5 Å². The van der Waals surface area contributed by atoms with E-state index in [1.54, 1.807) is 18.9 Å². The molecular formula is C22H26N2O4. The van der Waals surface area contributed by atoms with Crippen LogP contribution in [0.15, 0.2) is 48.5 Å². The summed E-state index contributed by atoms with van der Waals surface area (Å²) in [5.74, 6) is 1.24. The number of carbonyl (C=O) groups excluding carboxylic acids is 2. The standard InChI is InChI=1S/C22H26N2O4/c1-16(22(26)23-2)24(13-12-17-6-4-3-5-7-17)21(25)11-9-18-8-10-19-20(14-18)28-15-27-19/h3-8,10,14,16H,9,11-13,15H2,1-2H3,(H,23,26). The molecule has 0 saturated heterocycles. The van der Waals surface area contributed by atoms with Crippen LogP contribution in [0, 0.1) is 0 Å². The second-order valence-corrected chi connectivity index (χ2v) is 6.80. The van der Waals surface area contributed by atoms with Gasteiger partial charge in [-0.3, -0.25) is 9.59 Å². The smallest absolute Gasteiger partial charge is 0.242 e. The van der Waals surface area contributed by atoms with Crippen LogP contribution < -0.4 is 14.8 Å². The second-order valence-electron chi connectivity index (χ2n) is 6.80. The summed E-state index contributed by atoms with van der Waals surface area (Å²) in [6.45, 7) is 2.50. The zero-order valence-electron chi connectivity index (χ0n) is 16.3. The van der Waals surface area contributed by atoms with Crippen LogP contribution in [0.1, 0.15) is 24.5 Å². The van der Waals surface area contributed by atoms with Gasteiger partial charge in [-0.05, 0) is 43.0 Å². The largest absolute Gasteiger partial charge is 0.454 e. The molecule has 1 N–H and O–H groups in total. The lowest BCUT2D eigenvalue weighted by Gasteiger charge is -2.28. The Morgan fingerprint density at radius 2 is 1.79 bits per heavy atom. The zero-order chi connectivity index (χ0) is 19.9. The zero-order valence-corrected chi connectivity index (χ0v) is 16.3. The molecule has 2 amide bonds. The molecule has 2 aromatic rings. The molecular weight excluding hydrogens is 356 g/mol. The molecule has 0 fully saturated rings. The maximum Gasteiger partial charge on any atom is 0.242 e. The summed E-state index contributed by atoms with van der Waals surface area (Å²) in [6.07, 6.45) is 1.62. The molecule has 1 heterocycles. The number of nitrogens with one attached hydrogen (secondary N) is 1. The Morgan fingerprint density at radius 1 is 1.04 bits per heavy atom. The number of benzene rings is 2. The molecule has 6 nitrogen and oxygen atoms in total. The third-order valence-corrected chi connectivity index (χ3v) is 4.96. The van der Waals surface area contributed by atoms with E-state index in [-0.39, 0.29) is 18.6 Å². The molecule has 3 rings (SSSR count). The number of fused-ring (bicyclic) bond motifs is 1. The van der Waals surface area contributed by atoms with E-state index in [4.69, 9.17) is 9.47 Å². The van der Waals surface area contributed by atoms with Gasteiger partial charge in [-0.25, -0.2) is 0 Å².